The molecule has 1 heterocycles. The van der Waals surface area contributed by atoms with Crippen molar-refractivity contribution >= 4 is 11.7 Å². The van der Waals surface area contributed by atoms with Gasteiger partial charge in [0.25, 0.3) is 5.69 Å². The second kappa shape index (κ2) is 10.8. The molecule has 0 saturated carbocycles. The predicted molar refractivity (Wildman–Crippen MR) is 135 cm³/mol. The summed E-state index contributed by atoms with van der Waals surface area (Å²) in [6.07, 6.45) is 0.915. The van der Waals surface area contributed by atoms with Gasteiger partial charge in [0.1, 0.15) is 28.9 Å². The fourth-order valence-corrected chi connectivity index (χ4v) is 3.95. The first-order chi connectivity index (χ1) is 17.8. The highest BCUT2D eigenvalue weighted by atomic mass is 16.6. The Hall–Kier alpha value is -4.84. The number of hydrogen-bond donors (Lipinski definition) is 1. The van der Waals surface area contributed by atoms with Gasteiger partial charge in [-0.05, 0) is 42.2 Å². The lowest BCUT2D eigenvalue weighted by molar-refractivity contribution is -0.384. The van der Waals surface area contributed by atoms with Crippen LogP contribution < -0.4 is 19.9 Å². The van der Waals surface area contributed by atoms with E-state index in [4.69, 9.17) is 19.9 Å². The first kappa shape index (κ1) is 25.3. The van der Waals surface area contributed by atoms with E-state index in [1.807, 2.05) is 24.3 Å². The normalized spacial score (nSPS) is 14.4. The summed E-state index contributed by atoms with van der Waals surface area (Å²) >= 11 is 0. The highest BCUT2D eigenvalue weighted by Gasteiger charge is 2.31. The van der Waals surface area contributed by atoms with E-state index >= 15 is 0 Å². The van der Waals surface area contributed by atoms with Crippen LogP contribution in [-0.2, 0) is 0 Å². The third-order valence-electron chi connectivity index (χ3n) is 5.85. The van der Waals surface area contributed by atoms with Crippen LogP contribution in [-0.4, -0.2) is 17.5 Å². The highest BCUT2D eigenvalue weighted by molar-refractivity contribution is 5.91. The third-order valence-corrected chi connectivity index (χ3v) is 5.85. The van der Waals surface area contributed by atoms with E-state index in [0.717, 1.165) is 18.1 Å². The van der Waals surface area contributed by atoms with E-state index in [1.165, 1.54) is 24.3 Å². The maximum Gasteiger partial charge on any atom is 0.343 e. The first-order valence-corrected chi connectivity index (χ1v) is 11.7. The molecular weight excluding hydrogens is 474 g/mol. The molecule has 4 rings (SSSR count). The molecular formula is C28H25N3O6. The minimum absolute atomic E-state index is 0.0335. The molecule has 0 aliphatic carbocycles. The van der Waals surface area contributed by atoms with Gasteiger partial charge in [-0.25, -0.2) is 4.79 Å². The van der Waals surface area contributed by atoms with Gasteiger partial charge >= 0.3 is 5.97 Å². The van der Waals surface area contributed by atoms with Gasteiger partial charge in [0, 0.05) is 23.8 Å². The fourth-order valence-electron chi connectivity index (χ4n) is 3.95. The van der Waals surface area contributed by atoms with Crippen molar-refractivity contribution in [2.24, 2.45) is 11.7 Å². The van der Waals surface area contributed by atoms with Crippen molar-refractivity contribution < 1.29 is 23.9 Å². The van der Waals surface area contributed by atoms with Gasteiger partial charge in [0.2, 0.25) is 5.88 Å². The van der Waals surface area contributed by atoms with Crippen LogP contribution in [0.2, 0.25) is 0 Å². The Bertz CT molecular complexity index is 1420. The van der Waals surface area contributed by atoms with Crippen LogP contribution in [0.5, 0.6) is 17.2 Å². The zero-order valence-electron chi connectivity index (χ0n) is 20.3. The minimum Gasteiger partial charge on any atom is -0.494 e. The van der Waals surface area contributed by atoms with Crippen molar-refractivity contribution in [3.05, 3.63) is 105 Å². The van der Waals surface area contributed by atoms with E-state index in [1.54, 1.807) is 12.1 Å². The molecule has 1 atom stereocenters. The predicted octanol–water partition coefficient (Wildman–Crippen LogP) is 5.46. The summed E-state index contributed by atoms with van der Waals surface area (Å²) in [5.41, 5.74) is 7.64. The van der Waals surface area contributed by atoms with Gasteiger partial charge in [-0.1, -0.05) is 38.1 Å². The van der Waals surface area contributed by atoms with E-state index in [0.29, 0.717) is 29.6 Å². The Morgan fingerprint density at radius 2 is 1.92 bits per heavy atom. The van der Waals surface area contributed by atoms with Crippen LogP contribution in [0.1, 0.15) is 47.7 Å². The number of hydrogen-bond acceptors (Lipinski definition) is 8. The number of allylic oxidation sites excluding steroid dienone is 1. The molecule has 37 heavy (non-hydrogen) atoms. The SMILES string of the molecule is CC(C)CCOc1cccc(C2C(C#N)=C(N)Oc3cc(OC(=O)c4cccc([N+](=O)[O-])c4)ccc32)c1. The number of fused-ring (bicyclic) bond motifs is 1. The number of esters is 1. The Morgan fingerprint density at radius 1 is 1.14 bits per heavy atom. The summed E-state index contributed by atoms with van der Waals surface area (Å²) < 4.78 is 17.0. The number of nitrogens with two attached hydrogens (primary N) is 1. The summed E-state index contributed by atoms with van der Waals surface area (Å²) in [5, 5.41) is 20.8. The zero-order chi connectivity index (χ0) is 26.5. The number of carbonyl (C=O) groups is 1. The maximum atomic E-state index is 12.6. The van der Waals surface area contributed by atoms with Crippen LogP contribution >= 0.6 is 0 Å². The lowest BCUT2D eigenvalue weighted by Crippen LogP contribution is -2.21. The van der Waals surface area contributed by atoms with Gasteiger partial charge in [0.15, 0.2) is 0 Å². The number of nitriles is 1. The van der Waals surface area contributed by atoms with Crippen molar-refractivity contribution in [1.82, 2.24) is 0 Å². The molecule has 3 aromatic carbocycles. The lowest BCUT2D eigenvalue weighted by Gasteiger charge is -2.27. The summed E-state index contributed by atoms with van der Waals surface area (Å²) in [5.74, 6) is 0.369. The average molecular weight is 500 g/mol. The van der Waals surface area contributed by atoms with E-state index in [-0.39, 0.29) is 28.5 Å². The molecule has 1 aliphatic heterocycles. The van der Waals surface area contributed by atoms with Gasteiger partial charge in [-0.15, -0.1) is 0 Å². The van der Waals surface area contributed by atoms with Gasteiger partial charge in [-0.3, -0.25) is 10.1 Å². The van der Waals surface area contributed by atoms with Crippen LogP contribution in [0.4, 0.5) is 5.69 Å². The smallest absolute Gasteiger partial charge is 0.343 e. The van der Waals surface area contributed by atoms with Gasteiger partial charge in [-0.2, -0.15) is 5.26 Å². The number of rotatable bonds is 8. The topological polar surface area (TPSA) is 138 Å². The number of nitro benzene ring substituents is 1. The van der Waals surface area contributed by atoms with Crippen molar-refractivity contribution in [2.45, 2.75) is 26.2 Å². The minimum atomic E-state index is -0.761. The first-order valence-electron chi connectivity index (χ1n) is 11.7. The lowest BCUT2D eigenvalue weighted by atomic mass is 9.83. The summed E-state index contributed by atoms with van der Waals surface area (Å²) in [6.45, 7) is 4.83. The Kier molecular flexibility index (Phi) is 7.39. The van der Waals surface area contributed by atoms with Crippen molar-refractivity contribution in [1.29, 1.82) is 5.26 Å². The number of carbonyl (C=O) groups excluding carboxylic acids is 1. The Morgan fingerprint density at radius 3 is 2.65 bits per heavy atom. The largest absolute Gasteiger partial charge is 0.494 e. The average Bonchev–Trinajstić information content (AvgIpc) is 2.87. The molecule has 1 unspecified atom stereocenters. The Balaban J connectivity index is 1.62. The highest BCUT2D eigenvalue weighted by Crippen LogP contribution is 2.44. The second-order valence-electron chi connectivity index (χ2n) is 8.92. The molecule has 9 heteroatoms. The van der Waals surface area contributed by atoms with E-state index in [2.05, 4.69) is 19.9 Å². The molecule has 0 amide bonds. The molecule has 0 fully saturated rings. The molecule has 1 aliphatic rings. The molecule has 2 N–H and O–H groups in total. The number of nitro groups is 1. The van der Waals surface area contributed by atoms with Crippen molar-refractivity contribution in [3.8, 4) is 23.3 Å². The van der Waals surface area contributed by atoms with E-state index < -0.39 is 16.8 Å². The number of nitrogens with zero attached hydrogens (tertiary/aromatic N) is 2. The zero-order valence-corrected chi connectivity index (χ0v) is 20.3. The molecule has 3 aromatic rings. The quantitative estimate of drug-likeness (QED) is 0.187. The Labute approximate surface area is 213 Å². The summed E-state index contributed by atoms with van der Waals surface area (Å²) in [6, 6.07) is 19.7. The molecule has 0 saturated heterocycles. The van der Waals surface area contributed by atoms with E-state index in [9.17, 15) is 20.2 Å². The maximum absolute atomic E-state index is 12.6. The molecule has 9 nitrogen and oxygen atoms in total. The summed E-state index contributed by atoms with van der Waals surface area (Å²) in [7, 11) is 0. The standard InChI is InChI=1S/C28H25N3O6/c1-17(2)11-12-35-21-8-4-5-18(14-21)26-23-10-9-22(15-25(23)37-27(30)24(26)16-29)36-28(32)19-6-3-7-20(13-19)31(33)34/h3-10,13-15,17,26H,11-12,30H2,1-2H3. The fraction of sp³-hybridized carbons (Fsp3) is 0.214. The molecule has 0 aromatic heterocycles. The van der Waals surface area contributed by atoms with Gasteiger partial charge < -0.3 is 19.9 Å². The van der Waals surface area contributed by atoms with Crippen molar-refractivity contribution in [3.63, 3.8) is 0 Å². The van der Waals surface area contributed by atoms with Crippen molar-refractivity contribution in [2.75, 3.05) is 6.61 Å². The van der Waals surface area contributed by atoms with Gasteiger partial charge in [0.05, 0.1) is 23.0 Å². The number of benzene rings is 3. The number of ether oxygens (including phenoxy) is 3. The van der Waals surface area contributed by atoms with Crippen LogP contribution in [0.25, 0.3) is 0 Å². The second-order valence-corrected chi connectivity index (χ2v) is 8.92. The number of non-ortho nitro benzene ring substituents is 1. The summed E-state index contributed by atoms with van der Waals surface area (Å²) in [4.78, 5) is 23.0. The van der Waals surface area contributed by atoms with Crippen LogP contribution in [0.15, 0.2) is 78.2 Å². The monoisotopic (exact) mass is 499 g/mol. The molecule has 0 radical (unpaired) electrons. The molecule has 0 spiro atoms. The third kappa shape index (κ3) is 5.70. The molecule has 188 valence electrons. The van der Waals surface area contributed by atoms with Crippen LogP contribution in [0, 0.1) is 27.4 Å². The van der Waals surface area contributed by atoms with Crippen LogP contribution in [0.3, 0.4) is 0 Å². The molecule has 0 bridgehead atoms.